The second-order valence-corrected chi connectivity index (χ2v) is 5.08. The third-order valence-corrected chi connectivity index (χ3v) is 3.80. The van der Waals surface area contributed by atoms with Crippen molar-refractivity contribution in [2.45, 2.75) is 33.7 Å². The quantitative estimate of drug-likeness (QED) is 0.831. The minimum absolute atomic E-state index is 0.897. The van der Waals surface area contributed by atoms with Crippen molar-refractivity contribution >= 4 is 0 Å². The van der Waals surface area contributed by atoms with Crippen LogP contribution >= 0.6 is 0 Å². The SMILES string of the molecule is Cc1ccc(-n2c(C)nc3c2CCNC3)cc1C. The standard InChI is InChI=1S/C15H19N3/c1-10-4-5-13(8-11(10)2)18-12(3)17-14-9-16-7-6-15(14)18/h4-5,8,16H,6-7,9H2,1-3H3. The molecule has 3 rings (SSSR count). The zero-order valence-corrected chi connectivity index (χ0v) is 11.2. The highest BCUT2D eigenvalue weighted by molar-refractivity contribution is 5.43. The maximum atomic E-state index is 4.68. The summed E-state index contributed by atoms with van der Waals surface area (Å²) >= 11 is 0. The first kappa shape index (κ1) is 11.5. The van der Waals surface area contributed by atoms with E-state index in [0.717, 1.165) is 25.3 Å². The molecule has 0 unspecified atom stereocenters. The summed E-state index contributed by atoms with van der Waals surface area (Å²) in [7, 11) is 0. The molecular formula is C15H19N3. The third-order valence-electron chi connectivity index (χ3n) is 3.80. The van der Waals surface area contributed by atoms with Crippen molar-refractivity contribution in [2.24, 2.45) is 0 Å². The highest BCUT2D eigenvalue weighted by Crippen LogP contribution is 2.22. The molecule has 1 N–H and O–H groups in total. The number of nitrogens with zero attached hydrogens (tertiary/aromatic N) is 2. The first-order chi connectivity index (χ1) is 8.66. The largest absolute Gasteiger partial charge is 0.311 e. The molecular weight excluding hydrogens is 222 g/mol. The highest BCUT2D eigenvalue weighted by atomic mass is 15.1. The van der Waals surface area contributed by atoms with Gasteiger partial charge in [-0.2, -0.15) is 0 Å². The Morgan fingerprint density at radius 3 is 2.78 bits per heavy atom. The zero-order valence-electron chi connectivity index (χ0n) is 11.2. The van der Waals surface area contributed by atoms with E-state index in [0.29, 0.717) is 0 Å². The summed E-state index contributed by atoms with van der Waals surface area (Å²) in [6.45, 7) is 8.35. The lowest BCUT2D eigenvalue weighted by Crippen LogP contribution is -2.24. The summed E-state index contributed by atoms with van der Waals surface area (Å²) in [6.07, 6.45) is 1.06. The second-order valence-electron chi connectivity index (χ2n) is 5.08. The van der Waals surface area contributed by atoms with E-state index in [9.17, 15) is 0 Å². The molecule has 0 aliphatic carbocycles. The summed E-state index contributed by atoms with van der Waals surface area (Å²) in [4.78, 5) is 4.68. The van der Waals surface area contributed by atoms with Crippen LogP contribution in [0.15, 0.2) is 18.2 Å². The van der Waals surface area contributed by atoms with Crippen LogP contribution in [0.1, 0.15) is 28.3 Å². The summed E-state index contributed by atoms with van der Waals surface area (Å²) in [5, 5.41) is 3.38. The summed E-state index contributed by atoms with van der Waals surface area (Å²) in [5.74, 6) is 1.09. The topological polar surface area (TPSA) is 29.9 Å². The van der Waals surface area contributed by atoms with Gasteiger partial charge in [0.25, 0.3) is 0 Å². The monoisotopic (exact) mass is 241 g/mol. The number of aromatic nitrogens is 2. The second kappa shape index (κ2) is 4.25. The maximum absolute atomic E-state index is 4.68. The summed E-state index contributed by atoms with van der Waals surface area (Å²) in [5.41, 5.74) is 6.49. The molecule has 0 spiro atoms. The fourth-order valence-corrected chi connectivity index (χ4v) is 2.65. The van der Waals surface area contributed by atoms with Gasteiger partial charge in [-0.3, -0.25) is 0 Å². The number of benzene rings is 1. The molecule has 3 heteroatoms. The van der Waals surface area contributed by atoms with Crippen molar-refractivity contribution in [3.63, 3.8) is 0 Å². The molecule has 0 amide bonds. The van der Waals surface area contributed by atoms with E-state index < -0.39 is 0 Å². The van der Waals surface area contributed by atoms with Crippen LogP contribution in [0.25, 0.3) is 5.69 Å². The Morgan fingerprint density at radius 1 is 1.17 bits per heavy atom. The number of imidazole rings is 1. The van der Waals surface area contributed by atoms with Crippen molar-refractivity contribution in [2.75, 3.05) is 6.54 Å². The van der Waals surface area contributed by atoms with Crippen LogP contribution in [0.2, 0.25) is 0 Å². The normalized spacial score (nSPS) is 14.6. The smallest absolute Gasteiger partial charge is 0.110 e. The number of nitrogens with one attached hydrogen (secondary N) is 1. The lowest BCUT2D eigenvalue weighted by Gasteiger charge is -2.16. The molecule has 0 saturated heterocycles. The van der Waals surface area contributed by atoms with Crippen LogP contribution in [0.3, 0.4) is 0 Å². The van der Waals surface area contributed by atoms with E-state index in [1.807, 2.05) is 0 Å². The minimum Gasteiger partial charge on any atom is -0.311 e. The lowest BCUT2D eigenvalue weighted by molar-refractivity contribution is 0.620. The molecule has 2 heterocycles. The molecule has 0 radical (unpaired) electrons. The molecule has 0 atom stereocenters. The molecule has 1 aliphatic heterocycles. The highest BCUT2D eigenvalue weighted by Gasteiger charge is 2.18. The first-order valence-corrected chi connectivity index (χ1v) is 6.52. The van der Waals surface area contributed by atoms with Gasteiger partial charge in [-0.15, -0.1) is 0 Å². The van der Waals surface area contributed by atoms with Crippen molar-refractivity contribution in [1.82, 2.24) is 14.9 Å². The van der Waals surface area contributed by atoms with Gasteiger partial charge in [0.2, 0.25) is 0 Å². The van der Waals surface area contributed by atoms with E-state index in [2.05, 4.69) is 53.8 Å². The molecule has 0 saturated carbocycles. The van der Waals surface area contributed by atoms with Gasteiger partial charge < -0.3 is 9.88 Å². The molecule has 2 aromatic rings. The minimum atomic E-state index is 0.897. The summed E-state index contributed by atoms with van der Waals surface area (Å²) < 4.78 is 2.31. The first-order valence-electron chi connectivity index (χ1n) is 6.52. The fourth-order valence-electron chi connectivity index (χ4n) is 2.65. The number of hydrogen-bond donors (Lipinski definition) is 1. The zero-order chi connectivity index (χ0) is 12.7. The number of fused-ring (bicyclic) bond motifs is 1. The van der Waals surface area contributed by atoms with Gasteiger partial charge in [0.05, 0.1) is 5.69 Å². The number of aryl methyl sites for hydroxylation is 3. The third kappa shape index (κ3) is 1.75. The Hall–Kier alpha value is -1.61. The average molecular weight is 241 g/mol. The Kier molecular flexibility index (Phi) is 2.71. The van der Waals surface area contributed by atoms with Gasteiger partial charge in [0, 0.05) is 30.9 Å². The van der Waals surface area contributed by atoms with Crippen LogP contribution < -0.4 is 5.32 Å². The van der Waals surface area contributed by atoms with Crippen LogP contribution in [0, 0.1) is 20.8 Å². The predicted molar refractivity (Wildman–Crippen MR) is 73.2 cm³/mol. The van der Waals surface area contributed by atoms with Gasteiger partial charge in [-0.05, 0) is 44.0 Å². The van der Waals surface area contributed by atoms with E-state index in [4.69, 9.17) is 0 Å². The molecule has 0 fully saturated rings. The van der Waals surface area contributed by atoms with Crippen molar-refractivity contribution in [1.29, 1.82) is 0 Å². The average Bonchev–Trinajstić information content (AvgIpc) is 2.69. The van der Waals surface area contributed by atoms with E-state index >= 15 is 0 Å². The van der Waals surface area contributed by atoms with Gasteiger partial charge in [0.15, 0.2) is 0 Å². The summed E-state index contributed by atoms with van der Waals surface area (Å²) in [6, 6.07) is 6.64. The molecule has 0 bridgehead atoms. The van der Waals surface area contributed by atoms with Crippen molar-refractivity contribution in [3.8, 4) is 5.69 Å². The molecule has 3 nitrogen and oxygen atoms in total. The van der Waals surface area contributed by atoms with E-state index in [1.54, 1.807) is 0 Å². The van der Waals surface area contributed by atoms with Gasteiger partial charge in [0.1, 0.15) is 5.82 Å². The van der Waals surface area contributed by atoms with Gasteiger partial charge in [-0.25, -0.2) is 4.98 Å². The van der Waals surface area contributed by atoms with E-state index in [-0.39, 0.29) is 0 Å². The maximum Gasteiger partial charge on any atom is 0.110 e. The predicted octanol–water partition coefficient (Wildman–Crippen LogP) is 2.44. The Labute approximate surface area is 108 Å². The Bertz CT molecular complexity index is 596. The molecule has 18 heavy (non-hydrogen) atoms. The molecule has 1 aromatic carbocycles. The van der Waals surface area contributed by atoms with Crippen LogP contribution in [-0.2, 0) is 13.0 Å². The fraction of sp³-hybridized carbons (Fsp3) is 0.400. The molecule has 1 aromatic heterocycles. The lowest BCUT2D eigenvalue weighted by atomic mass is 10.1. The Morgan fingerprint density at radius 2 is 2.00 bits per heavy atom. The van der Waals surface area contributed by atoms with Crippen LogP contribution in [-0.4, -0.2) is 16.1 Å². The molecule has 1 aliphatic rings. The van der Waals surface area contributed by atoms with Crippen LogP contribution in [0.4, 0.5) is 0 Å². The van der Waals surface area contributed by atoms with Gasteiger partial charge >= 0.3 is 0 Å². The number of rotatable bonds is 1. The van der Waals surface area contributed by atoms with E-state index in [1.165, 1.54) is 28.2 Å². The van der Waals surface area contributed by atoms with Gasteiger partial charge in [-0.1, -0.05) is 6.07 Å². The van der Waals surface area contributed by atoms with Crippen molar-refractivity contribution < 1.29 is 0 Å². The van der Waals surface area contributed by atoms with Crippen molar-refractivity contribution in [3.05, 3.63) is 46.5 Å². The molecule has 94 valence electrons. The Balaban J connectivity index is 2.16. The number of hydrogen-bond acceptors (Lipinski definition) is 2. The van der Waals surface area contributed by atoms with Crippen LogP contribution in [0.5, 0.6) is 0 Å².